The Bertz CT molecular complexity index is 729. The highest BCUT2D eigenvalue weighted by Crippen LogP contribution is 2.21. The molecule has 0 aromatic heterocycles. The third kappa shape index (κ3) is 6.36. The summed E-state index contributed by atoms with van der Waals surface area (Å²) in [5.41, 5.74) is 2.69. The van der Waals surface area contributed by atoms with Crippen molar-refractivity contribution >= 4 is 11.6 Å². The van der Waals surface area contributed by atoms with E-state index in [0.29, 0.717) is 0 Å². The van der Waals surface area contributed by atoms with Gasteiger partial charge >= 0.3 is 0 Å². The van der Waals surface area contributed by atoms with Gasteiger partial charge in [-0.05, 0) is 50.8 Å². The quantitative estimate of drug-likeness (QED) is 0.397. The molecule has 3 heterocycles. The Morgan fingerprint density at radius 2 is 1.94 bits per heavy atom. The van der Waals surface area contributed by atoms with Crippen molar-refractivity contribution in [3.8, 4) is 0 Å². The highest BCUT2D eigenvalue weighted by molar-refractivity contribution is 5.80. The second-order valence-corrected chi connectivity index (χ2v) is 9.16. The third-order valence-corrected chi connectivity index (χ3v) is 6.74. The van der Waals surface area contributed by atoms with Crippen LogP contribution in [0.2, 0.25) is 0 Å². The standard InChI is InChI=1S/C25H41N5O2/c1-3-26-25(30-16-18-32-24(20-30)23-9-5-17-31-23)27-10-6-11-28-12-14-29(15-13-28)22-8-4-7-21(2)19-22/h4,7-8,19,23-24H,3,5-6,9-18,20H2,1-2H3,(H,26,27). The Balaban J connectivity index is 1.20. The Kier molecular flexibility index (Phi) is 8.65. The van der Waals surface area contributed by atoms with Crippen molar-refractivity contribution in [1.29, 1.82) is 0 Å². The zero-order valence-electron chi connectivity index (χ0n) is 20.0. The Labute approximate surface area is 193 Å². The maximum absolute atomic E-state index is 6.01. The van der Waals surface area contributed by atoms with E-state index in [1.165, 1.54) is 11.3 Å². The average molecular weight is 444 g/mol. The first-order valence-corrected chi connectivity index (χ1v) is 12.5. The molecule has 2 atom stereocenters. The summed E-state index contributed by atoms with van der Waals surface area (Å²) in [6.45, 7) is 15.0. The molecule has 0 bridgehead atoms. The highest BCUT2D eigenvalue weighted by atomic mass is 16.5. The van der Waals surface area contributed by atoms with Crippen molar-refractivity contribution in [3.05, 3.63) is 29.8 Å². The van der Waals surface area contributed by atoms with Crippen molar-refractivity contribution in [3.63, 3.8) is 0 Å². The van der Waals surface area contributed by atoms with Crippen molar-refractivity contribution < 1.29 is 9.47 Å². The minimum Gasteiger partial charge on any atom is -0.375 e. The molecule has 3 saturated heterocycles. The second-order valence-electron chi connectivity index (χ2n) is 9.16. The number of hydrogen-bond acceptors (Lipinski definition) is 5. The zero-order valence-corrected chi connectivity index (χ0v) is 20.0. The lowest BCUT2D eigenvalue weighted by molar-refractivity contribution is -0.0817. The molecule has 2 unspecified atom stereocenters. The van der Waals surface area contributed by atoms with Crippen LogP contribution < -0.4 is 10.2 Å². The molecule has 3 aliphatic heterocycles. The van der Waals surface area contributed by atoms with Gasteiger partial charge in [0.15, 0.2) is 5.96 Å². The molecule has 0 aliphatic carbocycles. The van der Waals surface area contributed by atoms with Crippen LogP contribution in [0.5, 0.6) is 0 Å². The number of hydrogen-bond donors (Lipinski definition) is 1. The van der Waals surface area contributed by atoms with Crippen molar-refractivity contribution in [2.75, 3.05) is 77.0 Å². The van der Waals surface area contributed by atoms with E-state index in [1.807, 2.05) is 0 Å². The van der Waals surface area contributed by atoms with Crippen molar-refractivity contribution in [2.45, 2.75) is 45.3 Å². The summed E-state index contributed by atoms with van der Waals surface area (Å²) in [6, 6.07) is 8.85. The monoisotopic (exact) mass is 443 g/mol. The summed E-state index contributed by atoms with van der Waals surface area (Å²) in [5, 5.41) is 3.49. The molecule has 0 saturated carbocycles. The van der Waals surface area contributed by atoms with E-state index in [2.05, 4.69) is 58.1 Å². The fourth-order valence-corrected chi connectivity index (χ4v) is 4.95. The van der Waals surface area contributed by atoms with E-state index >= 15 is 0 Å². The summed E-state index contributed by atoms with van der Waals surface area (Å²) < 4.78 is 11.9. The van der Waals surface area contributed by atoms with Gasteiger partial charge in [-0.25, -0.2) is 0 Å². The lowest BCUT2D eigenvalue weighted by atomic mass is 10.1. The number of aliphatic imine (C=N–C) groups is 1. The minimum absolute atomic E-state index is 0.166. The van der Waals surface area contributed by atoms with Crippen LogP contribution in [0.25, 0.3) is 0 Å². The normalized spacial score (nSPS) is 25.4. The number of aryl methyl sites for hydroxylation is 1. The molecule has 178 valence electrons. The van der Waals surface area contributed by atoms with Gasteiger partial charge < -0.3 is 24.6 Å². The molecular formula is C25H41N5O2. The van der Waals surface area contributed by atoms with Crippen LogP contribution in [0.1, 0.15) is 31.7 Å². The molecule has 7 heteroatoms. The Hall–Kier alpha value is -1.83. The Morgan fingerprint density at radius 3 is 2.69 bits per heavy atom. The number of rotatable bonds is 7. The molecule has 0 spiro atoms. The van der Waals surface area contributed by atoms with Crippen LogP contribution in [-0.2, 0) is 9.47 Å². The first-order valence-electron chi connectivity index (χ1n) is 12.5. The molecule has 3 aliphatic rings. The van der Waals surface area contributed by atoms with E-state index in [9.17, 15) is 0 Å². The maximum Gasteiger partial charge on any atom is 0.194 e. The van der Waals surface area contributed by atoms with Gasteiger partial charge in [0.2, 0.25) is 0 Å². The van der Waals surface area contributed by atoms with E-state index < -0.39 is 0 Å². The number of anilines is 1. The van der Waals surface area contributed by atoms with Crippen LogP contribution in [0.15, 0.2) is 29.3 Å². The fraction of sp³-hybridized carbons (Fsp3) is 0.720. The van der Waals surface area contributed by atoms with Crippen molar-refractivity contribution in [2.24, 2.45) is 4.99 Å². The number of morpholine rings is 1. The van der Waals surface area contributed by atoms with Crippen LogP contribution in [0, 0.1) is 6.92 Å². The van der Waals surface area contributed by atoms with Gasteiger partial charge in [-0.1, -0.05) is 12.1 Å². The number of guanidine groups is 1. The lowest BCUT2D eigenvalue weighted by Crippen LogP contribution is -2.53. The molecule has 1 aromatic carbocycles. The largest absolute Gasteiger partial charge is 0.375 e. The molecule has 7 nitrogen and oxygen atoms in total. The predicted octanol–water partition coefficient (Wildman–Crippen LogP) is 2.35. The maximum atomic E-state index is 6.01. The number of ether oxygens (including phenoxy) is 2. The smallest absolute Gasteiger partial charge is 0.194 e. The van der Waals surface area contributed by atoms with Gasteiger partial charge in [-0.15, -0.1) is 0 Å². The first kappa shape index (κ1) is 23.3. The third-order valence-electron chi connectivity index (χ3n) is 6.74. The number of nitrogens with zero attached hydrogens (tertiary/aromatic N) is 4. The number of nitrogens with one attached hydrogen (secondary N) is 1. The van der Waals surface area contributed by atoms with E-state index in [0.717, 1.165) is 97.3 Å². The summed E-state index contributed by atoms with van der Waals surface area (Å²) >= 11 is 0. The second kappa shape index (κ2) is 11.9. The van der Waals surface area contributed by atoms with Crippen LogP contribution in [0.3, 0.4) is 0 Å². The summed E-state index contributed by atoms with van der Waals surface area (Å²) in [7, 11) is 0. The molecule has 32 heavy (non-hydrogen) atoms. The summed E-state index contributed by atoms with van der Waals surface area (Å²) in [6.07, 6.45) is 3.78. The summed E-state index contributed by atoms with van der Waals surface area (Å²) in [4.78, 5) is 12.4. The minimum atomic E-state index is 0.166. The molecular weight excluding hydrogens is 402 g/mol. The SMILES string of the molecule is CCNC(=NCCCN1CCN(c2cccc(C)c2)CC1)N1CCOC(C2CCCO2)C1. The van der Waals surface area contributed by atoms with E-state index in [-0.39, 0.29) is 12.2 Å². The van der Waals surface area contributed by atoms with Gasteiger partial charge in [-0.3, -0.25) is 9.89 Å². The molecule has 1 N–H and O–H groups in total. The molecule has 3 fully saturated rings. The van der Waals surface area contributed by atoms with Gasteiger partial charge in [0, 0.05) is 71.2 Å². The molecule has 0 amide bonds. The highest BCUT2D eigenvalue weighted by Gasteiger charge is 2.32. The predicted molar refractivity (Wildman–Crippen MR) is 131 cm³/mol. The van der Waals surface area contributed by atoms with Crippen LogP contribution in [-0.4, -0.2) is 100 Å². The Morgan fingerprint density at radius 1 is 1.09 bits per heavy atom. The molecule has 1 aromatic rings. The van der Waals surface area contributed by atoms with Crippen LogP contribution >= 0.6 is 0 Å². The van der Waals surface area contributed by atoms with Crippen molar-refractivity contribution in [1.82, 2.24) is 15.1 Å². The van der Waals surface area contributed by atoms with Gasteiger partial charge in [0.05, 0.1) is 12.7 Å². The molecule has 0 radical (unpaired) electrons. The van der Waals surface area contributed by atoms with Gasteiger partial charge in [-0.2, -0.15) is 0 Å². The topological polar surface area (TPSA) is 52.6 Å². The lowest BCUT2D eigenvalue weighted by Gasteiger charge is -2.37. The number of piperazine rings is 1. The van der Waals surface area contributed by atoms with E-state index in [1.54, 1.807) is 0 Å². The fourth-order valence-electron chi connectivity index (χ4n) is 4.95. The zero-order chi connectivity index (χ0) is 22.2. The number of benzene rings is 1. The van der Waals surface area contributed by atoms with Gasteiger partial charge in [0.25, 0.3) is 0 Å². The first-order chi connectivity index (χ1) is 15.7. The average Bonchev–Trinajstić information content (AvgIpc) is 3.37. The summed E-state index contributed by atoms with van der Waals surface area (Å²) in [5.74, 6) is 1.03. The van der Waals surface area contributed by atoms with E-state index in [4.69, 9.17) is 14.5 Å². The van der Waals surface area contributed by atoms with Crippen LogP contribution in [0.4, 0.5) is 5.69 Å². The van der Waals surface area contributed by atoms with Gasteiger partial charge in [0.1, 0.15) is 6.10 Å². The molecule has 4 rings (SSSR count).